The van der Waals surface area contributed by atoms with E-state index in [1.807, 2.05) is 35.0 Å². The maximum atomic E-state index is 12.2. The summed E-state index contributed by atoms with van der Waals surface area (Å²) in [4.78, 5) is 20.9. The second-order valence-electron chi connectivity index (χ2n) is 5.91. The highest BCUT2D eigenvalue weighted by atomic mass is 32.2. The van der Waals surface area contributed by atoms with Crippen molar-refractivity contribution in [3.05, 3.63) is 30.1 Å². The van der Waals surface area contributed by atoms with Crippen LogP contribution in [0.5, 0.6) is 0 Å². The molecule has 0 spiro atoms. The monoisotopic (exact) mass is 320 g/mol. The first-order valence-corrected chi connectivity index (χ1v) is 9.13. The Hall–Kier alpha value is -1.27. The van der Waals surface area contributed by atoms with Crippen molar-refractivity contribution in [3.63, 3.8) is 0 Å². The number of hydrogen-bond donors (Lipinski definition) is 1. The number of nitrogens with one attached hydrogen (secondary N) is 1. The lowest BCUT2D eigenvalue weighted by Crippen LogP contribution is -2.52. The van der Waals surface area contributed by atoms with Gasteiger partial charge in [-0.05, 0) is 30.7 Å². The molecule has 0 saturated carbocycles. The molecule has 0 bridgehead atoms. The lowest BCUT2D eigenvalue weighted by Gasteiger charge is -2.34. The summed E-state index contributed by atoms with van der Waals surface area (Å²) in [5.74, 6) is 1.24. The van der Waals surface area contributed by atoms with Crippen molar-refractivity contribution in [1.29, 1.82) is 0 Å². The van der Waals surface area contributed by atoms with Crippen molar-refractivity contribution >= 4 is 17.8 Å². The Balaban J connectivity index is 1.38. The van der Waals surface area contributed by atoms with Gasteiger partial charge in [0.1, 0.15) is 0 Å². The topological polar surface area (TPSA) is 48.5 Å². The number of hydrogen-bond acceptors (Lipinski definition) is 4. The highest BCUT2D eigenvalue weighted by molar-refractivity contribution is 8.00. The molecule has 2 saturated heterocycles. The van der Waals surface area contributed by atoms with E-state index in [1.54, 1.807) is 0 Å². The van der Waals surface area contributed by atoms with Crippen molar-refractivity contribution in [3.8, 4) is 0 Å². The predicted octanol–water partition coefficient (Wildman–Crippen LogP) is 1.80. The second-order valence-corrected chi connectivity index (χ2v) is 7.31. The van der Waals surface area contributed by atoms with E-state index in [-0.39, 0.29) is 6.03 Å². The molecule has 3 heterocycles. The zero-order chi connectivity index (χ0) is 15.2. The molecule has 0 radical (unpaired) electrons. The number of carbonyl (C=O) groups excluding carboxylic acids is 1. The number of aromatic nitrogens is 1. The third-order valence-corrected chi connectivity index (χ3v) is 5.67. The van der Waals surface area contributed by atoms with Gasteiger partial charge in [-0.1, -0.05) is 6.07 Å². The van der Waals surface area contributed by atoms with Crippen molar-refractivity contribution in [2.75, 3.05) is 38.5 Å². The van der Waals surface area contributed by atoms with Crippen LogP contribution < -0.4 is 5.32 Å². The van der Waals surface area contributed by atoms with Crippen LogP contribution in [0.4, 0.5) is 4.79 Å². The molecule has 1 aromatic rings. The fourth-order valence-electron chi connectivity index (χ4n) is 2.95. The molecule has 120 valence electrons. The zero-order valence-electron chi connectivity index (χ0n) is 12.9. The van der Waals surface area contributed by atoms with E-state index in [0.717, 1.165) is 45.0 Å². The molecule has 1 aromatic heterocycles. The number of rotatable bonds is 4. The van der Waals surface area contributed by atoms with E-state index in [9.17, 15) is 4.79 Å². The summed E-state index contributed by atoms with van der Waals surface area (Å²) in [5.41, 5.74) is 1.10. The normalized spacial score (nSPS) is 22.7. The Kier molecular flexibility index (Phi) is 5.56. The first kappa shape index (κ1) is 15.6. The Labute approximate surface area is 136 Å². The van der Waals surface area contributed by atoms with Crippen LogP contribution in [-0.4, -0.2) is 64.5 Å². The maximum Gasteiger partial charge on any atom is 0.317 e. The average Bonchev–Trinajstić information content (AvgIpc) is 3.08. The molecule has 1 atom stereocenters. The van der Waals surface area contributed by atoms with Crippen LogP contribution in [0.2, 0.25) is 0 Å². The second kappa shape index (κ2) is 7.83. The standard InChI is InChI=1S/C16H24N4OS/c21-16(18-12-15-5-3-11-22-15)20-9-7-19(8-10-20)13-14-4-1-2-6-17-14/h1-2,4,6,15H,3,5,7-13H2,(H,18,21)/t15-/m0/s1. The molecule has 0 unspecified atom stereocenters. The van der Waals surface area contributed by atoms with Crippen LogP contribution in [0.15, 0.2) is 24.4 Å². The van der Waals surface area contributed by atoms with Gasteiger partial charge in [-0.25, -0.2) is 4.79 Å². The Morgan fingerprint density at radius 2 is 2.18 bits per heavy atom. The minimum atomic E-state index is 0.102. The molecule has 22 heavy (non-hydrogen) atoms. The summed E-state index contributed by atoms with van der Waals surface area (Å²) >= 11 is 1.98. The third kappa shape index (κ3) is 4.36. The number of piperazine rings is 1. The predicted molar refractivity (Wildman–Crippen MR) is 90.0 cm³/mol. The lowest BCUT2D eigenvalue weighted by atomic mass is 10.2. The number of thioether (sulfide) groups is 1. The van der Waals surface area contributed by atoms with E-state index in [0.29, 0.717) is 5.25 Å². The largest absolute Gasteiger partial charge is 0.337 e. The van der Waals surface area contributed by atoms with Crippen LogP contribution in [0, 0.1) is 0 Å². The molecule has 2 aliphatic rings. The van der Waals surface area contributed by atoms with Crippen LogP contribution in [0.3, 0.4) is 0 Å². The molecule has 2 fully saturated rings. The molecule has 2 aliphatic heterocycles. The van der Waals surface area contributed by atoms with E-state index in [4.69, 9.17) is 0 Å². The molecular formula is C16H24N4OS. The average molecular weight is 320 g/mol. The lowest BCUT2D eigenvalue weighted by molar-refractivity contribution is 0.134. The van der Waals surface area contributed by atoms with Crippen LogP contribution >= 0.6 is 11.8 Å². The highest BCUT2D eigenvalue weighted by Gasteiger charge is 2.22. The first-order chi connectivity index (χ1) is 10.8. The highest BCUT2D eigenvalue weighted by Crippen LogP contribution is 2.25. The number of urea groups is 1. The fraction of sp³-hybridized carbons (Fsp3) is 0.625. The van der Waals surface area contributed by atoms with E-state index in [2.05, 4.69) is 21.3 Å². The van der Waals surface area contributed by atoms with Crippen LogP contribution in [-0.2, 0) is 6.54 Å². The summed E-state index contributed by atoms with van der Waals surface area (Å²) in [6.07, 6.45) is 4.36. The molecule has 3 rings (SSSR count). The van der Waals surface area contributed by atoms with Crippen molar-refractivity contribution in [2.24, 2.45) is 0 Å². The van der Waals surface area contributed by atoms with Crippen molar-refractivity contribution in [2.45, 2.75) is 24.6 Å². The zero-order valence-corrected chi connectivity index (χ0v) is 13.7. The van der Waals surface area contributed by atoms with Gasteiger partial charge in [-0.2, -0.15) is 11.8 Å². The van der Waals surface area contributed by atoms with Crippen LogP contribution in [0.25, 0.3) is 0 Å². The van der Waals surface area contributed by atoms with Gasteiger partial charge in [0, 0.05) is 50.7 Å². The minimum absolute atomic E-state index is 0.102. The Morgan fingerprint density at radius 1 is 1.32 bits per heavy atom. The summed E-state index contributed by atoms with van der Waals surface area (Å²) in [6, 6.07) is 6.12. The van der Waals surface area contributed by atoms with Gasteiger partial charge in [0.25, 0.3) is 0 Å². The van der Waals surface area contributed by atoms with Gasteiger partial charge in [0.05, 0.1) is 5.69 Å². The van der Waals surface area contributed by atoms with Gasteiger partial charge in [0.2, 0.25) is 0 Å². The third-order valence-electron chi connectivity index (χ3n) is 4.28. The fourth-order valence-corrected chi connectivity index (χ4v) is 4.15. The number of nitrogens with zero attached hydrogens (tertiary/aromatic N) is 3. The van der Waals surface area contributed by atoms with Gasteiger partial charge in [-0.3, -0.25) is 9.88 Å². The van der Waals surface area contributed by atoms with Crippen LogP contribution in [0.1, 0.15) is 18.5 Å². The maximum absolute atomic E-state index is 12.2. The molecule has 6 heteroatoms. The Morgan fingerprint density at radius 3 is 2.86 bits per heavy atom. The molecule has 5 nitrogen and oxygen atoms in total. The summed E-state index contributed by atoms with van der Waals surface area (Å²) in [6.45, 7) is 5.13. The van der Waals surface area contributed by atoms with Crippen molar-refractivity contribution in [1.82, 2.24) is 20.1 Å². The molecule has 2 amide bonds. The molecular weight excluding hydrogens is 296 g/mol. The quantitative estimate of drug-likeness (QED) is 0.919. The smallest absolute Gasteiger partial charge is 0.317 e. The number of pyridine rings is 1. The SMILES string of the molecule is O=C(NC[C@@H]1CCCS1)N1CCN(Cc2ccccn2)CC1. The van der Waals surface area contributed by atoms with Gasteiger partial charge >= 0.3 is 6.03 Å². The summed E-state index contributed by atoms with van der Waals surface area (Å²) in [7, 11) is 0. The first-order valence-electron chi connectivity index (χ1n) is 8.08. The van der Waals surface area contributed by atoms with Crippen molar-refractivity contribution < 1.29 is 4.79 Å². The van der Waals surface area contributed by atoms with E-state index in [1.165, 1.54) is 18.6 Å². The van der Waals surface area contributed by atoms with Gasteiger partial charge in [0.15, 0.2) is 0 Å². The summed E-state index contributed by atoms with van der Waals surface area (Å²) in [5, 5.41) is 3.71. The molecule has 0 aromatic carbocycles. The summed E-state index contributed by atoms with van der Waals surface area (Å²) < 4.78 is 0. The molecule has 1 N–H and O–H groups in total. The number of carbonyl (C=O) groups is 1. The van der Waals surface area contributed by atoms with Gasteiger partial charge in [-0.15, -0.1) is 0 Å². The molecule has 0 aliphatic carbocycles. The van der Waals surface area contributed by atoms with E-state index >= 15 is 0 Å². The van der Waals surface area contributed by atoms with Gasteiger partial charge < -0.3 is 10.2 Å². The Bertz CT molecular complexity index is 470. The van der Waals surface area contributed by atoms with E-state index < -0.39 is 0 Å². The minimum Gasteiger partial charge on any atom is -0.337 e. The number of amides is 2.